The molecule has 0 N–H and O–H groups in total. The van der Waals surface area contributed by atoms with Gasteiger partial charge in [0.15, 0.2) is 5.65 Å². The van der Waals surface area contributed by atoms with Crippen LogP contribution >= 0.6 is 0 Å². The quantitative estimate of drug-likeness (QED) is 0.836. The molecule has 1 aliphatic carbocycles. The van der Waals surface area contributed by atoms with E-state index in [1.807, 2.05) is 4.90 Å². The van der Waals surface area contributed by atoms with Crippen LogP contribution < -0.4 is 4.90 Å². The molecule has 1 fully saturated rings. The van der Waals surface area contributed by atoms with Gasteiger partial charge < -0.3 is 9.64 Å². The second-order valence-electron chi connectivity index (χ2n) is 6.24. The number of hydrogen-bond acceptors (Lipinski definition) is 5. The molecule has 0 spiro atoms. The highest BCUT2D eigenvalue weighted by Gasteiger charge is 2.38. The number of halogens is 3. The summed E-state index contributed by atoms with van der Waals surface area (Å²) in [6, 6.07) is 3.47. The molecule has 6 nitrogen and oxygen atoms in total. The summed E-state index contributed by atoms with van der Waals surface area (Å²) in [5, 5.41) is 10.9. The molecule has 2 aromatic rings. The molecule has 2 heterocycles. The molecule has 0 amide bonds. The van der Waals surface area contributed by atoms with Crippen molar-refractivity contribution >= 4 is 11.5 Å². The molecule has 1 aliphatic rings. The maximum Gasteiger partial charge on any atom is 0.453 e. The maximum atomic E-state index is 13.0. The smallest absolute Gasteiger partial charge is 0.383 e. The van der Waals surface area contributed by atoms with Crippen molar-refractivity contribution in [2.75, 3.05) is 25.2 Å². The molecule has 0 aliphatic heterocycles. The summed E-state index contributed by atoms with van der Waals surface area (Å²) >= 11 is 0. The summed E-state index contributed by atoms with van der Waals surface area (Å²) in [4.78, 5) is 2.03. The number of aromatic nitrogens is 4. The molecule has 9 heteroatoms. The minimum atomic E-state index is -4.59. The van der Waals surface area contributed by atoms with E-state index in [4.69, 9.17) is 4.74 Å². The number of alkyl halides is 3. The van der Waals surface area contributed by atoms with Gasteiger partial charge in [0.05, 0.1) is 6.61 Å². The molecule has 0 radical (unpaired) electrons. The Balaban J connectivity index is 1.97. The zero-order valence-corrected chi connectivity index (χ0v) is 13.6. The van der Waals surface area contributed by atoms with Gasteiger partial charge in [0.2, 0.25) is 0 Å². The summed E-state index contributed by atoms with van der Waals surface area (Å²) in [6.07, 6.45) is -1.49. The van der Waals surface area contributed by atoms with Gasteiger partial charge in [0.1, 0.15) is 5.82 Å². The first-order chi connectivity index (χ1) is 11.4. The van der Waals surface area contributed by atoms with Gasteiger partial charge in [-0.05, 0) is 37.3 Å². The Morgan fingerprint density at radius 1 is 1.29 bits per heavy atom. The van der Waals surface area contributed by atoms with Crippen LogP contribution in [-0.4, -0.2) is 46.1 Å². The third-order valence-corrected chi connectivity index (χ3v) is 4.44. The summed E-state index contributed by atoms with van der Waals surface area (Å²) in [5.74, 6) is -0.0146. The van der Waals surface area contributed by atoms with Crippen LogP contribution in [0.5, 0.6) is 0 Å². The molecule has 0 saturated heterocycles. The second kappa shape index (κ2) is 6.54. The number of anilines is 1. The summed E-state index contributed by atoms with van der Waals surface area (Å²) < 4.78 is 45.0. The number of hydrogen-bond donors (Lipinski definition) is 0. The van der Waals surface area contributed by atoms with E-state index in [9.17, 15) is 13.2 Å². The first kappa shape index (κ1) is 16.9. The van der Waals surface area contributed by atoms with Crippen LogP contribution in [0.15, 0.2) is 12.1 Å². The zero-order valence-electron chi connectivity index (χ0n) is 13.6. The largest absolute Gasteiger partial charge is 0.453 e. The normalized spacial score (nSPS) is 21.5. The minimum absolute atomic E-state index is 0.0811. The third kappa shape index (κ3) is 3.31. The van der Waals surface area contributed by atoms with E-state index in [0.717, 1.165) is 23.8 Å². The Bertz CT molecular complexity index is 702. The molecule has 2 unspecified atom stereocenters. The highest BCUT2D eigenvalue weighted by atomic mass is 19.4. The predicted molar refractivity (Wildman–Crippen MR) is 81.8 cm³/mol. The Morgan fingerprint density at radius 3 is 2.71 bits per heavy atom. The third-order valence-electron chi connectivity index (χ3n) is 4.44. The first-order valence-corrected chi connectivity index (χ1v) is 7.95. The maximum absolute atomic E-state index is 13.0. The molecule has 2 aromatic heterocycles. The molecule has 24 heavy (non-hydrogen) atoms. The van der Waals surface area contributed by atoms with Crippen LogP contribution in [0.1, 0.15) is 32.0 Å². The Kier molecular flexibility index (Phi) is 4.62. The number of nitrogens with zero attached hydrogens (tertiary/aromatic N) is 5. The molecular formula is C15H20F3N5O. The number of fused-ring (bicyclic) bond motifs is 1. The fourth-order valence-corrected chi connectivity index (χ4v) is 3.24. The number of methoxy groups -OCH3 is 1. The van der Waals surface area contributed by atoms with Gasteiger partial charge in [-0.25, -0.2) is 0 Å². The van der Waals surface area contributed by atoms with Crippen molar-refractivity contribution < 1.29 is 17.9 Å². The van der Waals surface area contributed by atoms with Crippen molar-refractivity contribution in [3.05, 3.63) is 18.0 Å². The van der Waals surface area contributed by atoms with Crippen LogP contribution in [-0.2, 0) is 10.9 Å². The van der Waals surface area contributed by atoms with E-state index >= 15 is 0 Å². The van der Waals surface area contributed by atoms with E-state index in [1.54, 1.807) is 13.2 Å². The molecule has 3 rings (SSSR count). The molecule has 2 atom stereocenters. The molecule has 1 saturated carbocycles. The van der Waals surface area contributed by atoms with E-state index in [-0.39, 0.29) is 11.7 Å². The van der Waals surface area contributed by atoms with Gasteiger partial charge >= 0.3 is 6.18 Å². The van der Waals surface area contributed by atoms with Crippen LogP contribution in [0, 0.1) is 5.92 Å². The molecule has 0 aromatic carbocycles. The SMILES string of the molecule is COCCN(c1ccc2nnc(C(F)(F)F)n2n1)C1CCC(C)C1. The van der Waals surface area contributed by atoms with Gasteiger partial charge in [-0.1, -0.05) is 6.92 Å². The highest BCUT2D eigenvalue weighted by molar-refractivity contribution is 5.47. The van der Waals surface area contributed by atoms with E-state index in [1.165, 1.54) is 6.07 Å². The summed E-state index contributed by atoms with van der Waals surface area (Å²) in [7, 11) is 1.60. The minimum Gasteiger partial charge on any atom is -0.383 e. The van der Waals surface area contributed by atoms with Crippen molar-refractivity contribution in [2.24, 2.45) is 5.92 Å². The lowest BCUT2D eigenvalue weighted by molar-refractivity contribution is -0.146. The molecular weight excluding hydrogens is 323 g/mol. The topological polar surface area (TPSA) is 55.5 Å². The second-order valence-corrected chi connectivity index (χ2v) is 6.24. The Labute approximate surface area is 137 Å². The van der Waals surface area contributed by atoms with Gasteiger partial charge in [0, 0.05) is 19.7 Å². The van der Waals surface area contributed by atoms with E-state index in [2.05, 4.69) is 22.2 Å². The Hall–Kier alpha value is -1.90. The fourth-order valence-electron chi connectivity index (χ4n) is 3.24. The summed E-state index contributed by atoms with van der Waals surface area (Å²) in [5.41, 5.74) is 0.0811. The van der Waals surface area contributed by atoms with Crippen molar-refractivity contribution in [1.29, 1.82) is 0 Å². The van der Waals surface area contributed by atoms with Crippen molar-refractivity contribution in [1.82, 2.24) is 19.8 Å². The fraction of sp³-hybridized carbons (Fsp3) is 0.667. The summed E-state index contributed by atoms with van der Waals surface area (Å²) in [6.45, 7) is 3.25. The van der Waals surface area contributed by atoms with Crippen LogP contribution in [0.4, 0.5) is 19.0 Å². The Morgan fingerprint density at radius 2 is 2.08 bits per heavy atom. The van der Waals surface area contributed by atoms with Crippen molar-refractivity contribution in [3.8, 4) is 0 Å². The van der Waals surface area contributed by atoms with Crippen molar-refractivity contribution in [3.63, 3.8) is 0 Å². The predicted octanol–water partition coefficient (Wildman–Crippen LogP) is 2.78. The highest BCUT2D eigenvalue weighted by Crippen LogP contribution is 2.32. The van der Waals surface area contributed by atoms with Crippen molar-refractivity contribution in [2.45, 2.75) is 38.4 Å². The van der Waals surface area contributed by atoms with Gasteiger partial charge in [-0.2, -0.15) is 17.7 Å². The van der Waals surface area contributed by atoms with Crippen LogP contribution in [0.2, 0.25) is 0 Å². The number of ether oxygens (including phenoxy) is 1. The standard InChI is InChI=1S/C15H20F3N5O/c1-10-3-4-11(9-10)22(7-8-24-2)13-6-5-12-19-20-14(15(16,17)18)23(12)21-13/h5-6,10-11H,3-4,7-9H2,1-2H3. The van der Waals surface area contributed by atoms with E-state index in [0.29, 0.717) is 24.9 Å². The lowest BCUT2D eigenvalue weighted by Crippen LogP contribution is -2.37. The average Bonchev–Trinajstić information content (AvgIpc) is 3.13. The van der Waals surface area contributed by atoms with E-state index < -0.39 is 12.0 Å². The van der Waals surface area contributed by atoms with Gasteiger partial charge in [-0.15, -0.1) is 15.3 Å². The van der Waals surface area contributed by atoms with Crippen LogP contribution in [0.3, 0.4) is 0 Å². The molecule has 0 bridgehead atoms. The zero-order chi connectivity index (χ0) is 17.3. The molecule has 132 valence electrons. The van der Waals surface area contributed by atoms with Gasteiger partial charge in [0.25, 0.3) is 5.82 Å². The lowest BCUT2D eigenvalue weighted by Gasteiger charge is -2.30. The number of rotatable bonds is 5. The monoisotopic (exact) mass is 343 g/mol. The lowest BCUT2D eigenvalue weighted by atomic mass is 10.1. The van der Waals surface area contributed by atoms with Gasteiger partial charge in [-0.3, -0.25) is 0 Å². The average molecular weight is 343 g/mol. The van der Waals surface area contributed by atoms with Crippen LogP contribution in [0.25, 0.3) is 5.65 Å². The first-order valence-electron chi connectivity index (χ1n) is 7.95.